The summed E-state index contributed by atoms with van der Waals surface area (Å²) in [5, 5.41) is 0. The Kier molecular flexibility index (Phi) is 19.5. The number of hydrogen-bond acceptors (Lipinski definition) is 3. The average molecular weight is 524 g/mol. The molecule has 4 heteroatoms. The molecule has 1 aromatic rings. The quantitative estimate of drug-likeness (QED) is 0.133. The number of unbranched alkanes of at least 4 members (excludes halogenated alkanes) is 6. The first-order chi connectivity index (χ1) is 17.1. The third kappa shape index (κ3) is 11.4. The molecule has 1 aromatic carbocycles. The Morgan fingerprint density at radius 3 is 1.00 bits per heavy atom. The molecule has 3 nitrogen and oxygen atoms in total. The van der Waals surface area contributed by atoms with E-state index in [2.05, 4.69) is 82.0 Å². The maximum atomic E-state index is 3.14. The summed E-state index contributed by atoms with van der Waals surface area (Å²) < 4.78 is 10.7. The van der Waals surface area contributed by atoms with Crippen LogP contribution in [0.15, 0.2) is 30.3 Å². The van der Waals surface area contributed by atoms with Crippen molar-refractivity contribution < 1.29 is 17.4 Å². The molecule has 1 rings (SSSR count). The van der Waals surface area contributed by atoms with Crippen LogP contribution in [0.2, 0.25) is 0 Å². The van der Waals surface area contributed by atoms with E-state index in [1.807, 2.05) is 0 Å². The van der Waals surface area contributed by atoms with Crippen molar-refractivity contribution in [1.29, 1.82) is 0 Å². The van der Waals surface area contributed by atoms with Gasteiger partial charge >= 0.3 is 226 Å². The van der Waals surface area contributed by atoms with Crippen LogP contribution in [0.3, 0.4) is 0 Å². The van der Waals surface area contributed by atoms with Crippen LogP contribution in [-0.2, 0) is 22.1 Å². The molecule has 0 aliphatic heterocycles. The Balaban J connectivity index is 3.75. The first-order valence-corrected chi connectivity index (χ1v) is 18.6. The van der Waals surface area contributed by atoms with Gasteiger partial charge < -0.3 is 0 Å². The molecule has 0 spiro atoms. The second-order valence-corrected chi connectivity index (χ2v) is 16.5. The van der Waals surface area contributed by atoms with Gasteiger partial charge in [-0.05, 0) is 0 Å². The van der Waals surface area contributed by atoms with E-state index in [0.29, 0.717) is 0 Å². The third-order valence-electron chi connectivity index (χ3n) is 7.49. The molecule has 0 bridgehead atoms. The predicted molar refractivity (Wildman–Crippen MR) is 154 cm³/mol. The van der Waals surface area contributed by atoms with Crippen molar-refractivity contribution in [2.45, 2.75) is 123 Å². The fraction of sp³-hybridized carbons (Fsp3) is 0.806. The van der Waals surface area contributed by atoms with E-state index >= 15 is 0 Å². The Hall–Kier alpha value is -0.186. The summed E-state index contributed by atoms with van der Waals surface area (Å²) in [6.07, 6.45) is 15.7. The SMILES string of the molecule is CCCC[N](CCCC)[Ti]([CH2]c1ccccc1)([N](CCCC)CCCC)[N](CCCC)CCCC. The molecule has 0 atom stereocenters. The number of benzene rings is 1. The van der Waals surface area contributed by atoms with Gasteiger partial charge in [-0.15, -0.1) is 0 Å². The van der Waals surface area contributed by atoms with Crippen molar-refractivity contribution in [1.82, 2.24) is 10.1 Å². The first-order valence-electron chi connectivity index (χ1n) is 15.4. The number of rotatable bonds is 23. The van der Waals surface area contributed by atoms with Gasteiger partial charge in [0.2, 0.25) is 0 Å². The molecular weight excluding hydrogens is 462 g/mol. The monoisotopic (exact) mass is 523 g/mol. The summed E-state index contributed by atoms with van der Waals surface area (Å²) in [6, 6.07) is 11.6. The van der Waals surface area contributed by atoms with Gasteiger partial charge in [0.1, 0.15) is 0 Å². The predicted octanol–water partition coefficient (Wildman–Crippen LogP) is 8.79. The molecule has 0 radical (unpaired) electrons. The van der Waals surface area contributed by atoms with Crippen LogP contribution in [0.4, 0.5) is 0 Å². The van der Waals surface area contributed by atoms with Crippen LogP contribution in [0.5, 0.6) is 0 Å². The molecule has 0 saturated carbocycles. The van der Waals surface area contributed by atoms with Crippen LogP contribution >= 0.6 is 0 Å². The summed E-state index contributed by atoms with van der Waals surface area (Å²) in [5.41, 5.74) is 1.57. The Morgan fingerprint density at radius 1 is 0.457 bits per heavy atom. The van der Waals surface area contributed by atoms with Gasteiger partial charge in [0.05, 0.1) is 0 Å². The van der Waals surface area contributed by atoms with E-state index in [-0.39, 0.29) is 0 Å². The normalized spacial score (nSPS) is 12.4. The van der Waals surface area contributed by atoms with Gasteiger partial charge in [-0.1, -0.05) is 0 Å². The zero-order valence-corrected chi connectivity index (χ0v) is 26.2. The van der Waals surface area contributed by atoms with Gasteiger partial charge in [0.25, 0.3) is 0 Å². The Labute approximate surface area is 225 Å². The molecule has 0 aliphatic carbocycles. The molecule has 0 saturated heterocycles. The molecule has 0 N–H and O–H groups in total. The van der Waals surface area contributed by atoms with E-state index in [1.54, 1.807) is 5.56 Å². The summed E-state index contributed by atoms with van der Waals surface area (Å²) >= 11 is -2.89. The minimum atomic E-state index is -2.89. The van der Waals surface area contributed by atoms with E-state index in [1.165, 1.54) is 121 Å². The van der Waals surface area contributed by atoms with Crippen LogP contribution < -0.4 is 0 Å². The number of hydrogen-bond donors (Lipinski definition) is 0. The molecule has 0 heterocycles. The summed E-state index contributed by atoms with van der Waals surface area (Å²) in [5.74, 6) is 0. The zero-order valence-electron chi connectivity index (χ0n) is 24.7. The zero-order chi connectivity index (χ0) is 25.8. The van der Waals surface area contributed by atoms with Gasteiger partial charge in [-0.3, -0.25) is 0 Å². The first kappa shape index (κ1) is 32.8. The molecule has 0 amide bonds. The summed E-state index contributed by atoms with van der Waals surface area (Å²) in [6.45, 7) is 22.0. The van der Waals surface area contributed by atoms with E-state index in [0.717, 1.165) is 0 Å². The van der Waals surface area contributed by atoms with Crippen molar-refractivity contribution in [2.24, 2.45) is 0 Å². The maximum absolute atomic E-state index is 3.14. The minimum absolute atomic E-state index is 1.28. The fourth-order valence-corrected chi connectivity index (χ4v) is 14.3. The van der Waals surface area contributed by atoms with Crippen molar-refractivity contribution in [2.75, 3.05) is 39.3 Å². The van der Waals surface area contributed by atoms with Crippen LogP contribution in [0.25, 0.3) is 0 Å². The molecule has 204 valence electrons. The van der Waals surface area contributed by atoms with Crippen molar-refractivity contribution in [3.8, 4) is 0 Å². The molecule has 35 heavy (non-hydrogen) atoms. The topological polar surface area (TPSA) is 9.72 Å². The van der Waals surface area contributed by atoms with E-state index < -0.39 is 17.4 Å². The molecule has 0 fully saturated rings. The second-order valence-electron chi connectivity index (χ2n) is 10.5. The second kappa shape index (κ2) is 20.8. The molecule has 0 unspecified atom stereocenters. The van der Waals surface area contributed by atoms with Crippen LogP contribution in [-0.4, -0.2) is 49.4 Å². The number of nitrogens with zero attached hydrogens (tertiary/aromatic N) is 3. The van der Waals surface area contributed by atoms with Gasteiger partial charge in [-0.2, -0.15) is 0 Å². The van der Waals surface area contributed by atoms with Gasteiger partial charge in [0, 0.05) is 0 Å². The van der Waals surface area contributed by atoms with Crippen LogP contribution in [0.1, 0.15) is 124 Å². The third-order valence-corrected chi connectivity index (χ3v) is 15.7. The van der Waals surface area contributed by atoms with Gasteiger partial charge in [-0.25, -0.2) is 0 Å². The van der Waals surface area contributed by atoms with Crippen molar-refractivity contribution >= 4 is 0 Å². The van der Waals surface area contributed by atoms with Gasteiger partial charge in [0.15, 0.2) is 0 Å². The average Bonchev–Trinajstić information content (AvgIpc) is 2.88. The van der Waals surface area contributed by atoms with Crippen LogP contribution in [0, 0.1) is 0 Å². The summed E-state index contributed by atoms with van der Waals surface area (Å²) in [7, 11) is 0. The standard InChI is InChI=1S/3C8H18N.C7H7.Ti/c3*1-3-5-7-9-8-6-4-2;1-7-5-3-2-4-6-7;/h3*3-8H2,1-2H3;2-6H,1H2;/q3*-1;;+3. The molecule has 0 aromatic heterocycles. The fourth-order valence-electron chi connectivity index (χ4n) is 5.31. The Morgan fingerprint density at radius 2 is 0.743 bits per heavy atom. The molecule has 0 aliphatic rings. The van der Waals surface area contributed by atoms with E-state index in [9.17, 15) is 0 Å². The van der Waals surface area contributed by atoms with Crippen molar-refractivity contribution in [3.63, 3.8) is 0 Å². The molecular formula is C31H61N3Ti. The van der Waals surface area contributed by atoms with Crippen molar-refractivity contribution in [3.05, 3.63) is 35.9 Å². The van der Waals surface area contributed by atoms with E-state index in [4.69, 9.17) is 0 Å². The summed E-state index contributed by atoms with van der Waals surface area (Å²) in [4.78, 5) is 0. The Bertz CT molecular complexity index is 520.